The van der Waals surface area contributed by atoms with Gasteiger partial charge in [0.2, 0.25) is 5.88 Å². The Morgan fingerprint density at radius 2 is 2.14 bits per heavy atom. The van der Waals surface area contributed by atoms with Crippen LogP contribution in [0, 0.1) is 0 Å². The monoisotopic (exact) mass is 380 g/mol. The van der Waals surface area contributed by atoms with Crippen LogP contribution in [-0.4, -0.2) is 57.2 Å². The van der Waals surface area contributed by atoms with Crippen molar-refractivity contribution in [3.05, 3.63) is 48.7 Å². The molecule has 0 spiro atoms. The number of carbonyl (C=O) groups excluding carboxylic acids is 1. The minimum atomic E-state index is -0.124. The largest absolute Gasteiger partial charge is 0.481 e. The number of nitrogens with zero attached hydrogens (tertiary/aromatic N) is 5. The van der Waals surface area contributed by atoms with E-state index in [9.17, 15) is 4.79 Å². The van der Waals surface area contributed by atoms with Crippen LogP contribution in [0.5, 0.6) is 5.88 Å². The summed E-state index contributed by atoms with van der Waals surface area (Å²) in [5.41, 5.74) is 1.10. The zero-order valence-electron chi connectivity index (χ0n) is 15.4. The van der Waals surface area contributed by atoms with Crippen LogP contribution in [0.25, 0.3) is 11.3 Å². The second-order valence-corrected chi connectivity index (χ2v) is 6.47. The second kappa shape index (κ2) is 8.03. The predicted octanol–water partition coefficient (Wildman–Crippen LogP) is 2.25. The molecule has 0 bridgehead atoms. The van der Waals surface area contributed by atoms with Gasteiger partial charge in [-0.2, -0.15) is 0 Å². The number of aromatic nitrogens is 4. The van der Waals surface area contributed by atoms with Gasteiger partial charge in [-0.1, -0.05) is 5.16 Å². The van der Waals surface area contributed by atoms with Crippen molar-refractivity contribution in [1.29, 1.82) is 0 Å². The van der Waals surface area contributed by atoms with Crippen molar-refractivity contribution >= 4 is 11.7 Å². The summed E-state index contributed by atoms with van der Waals surface area (Å²) < 4.78 is 10.4. The number of likely N-dealkylation sites (tertiary alicyclic amines) is 1. The second-order valence-electron chi connectivity index (χ2n) is 6.47. The molecule has 0 atom stereocenters. The van der Waals surface area contributed by atoms with Gasteiger partial charge >= 0.3 is 0 Å². The molecule has 3 aromatic heterocycles. The van der Waals surface area contributed by atoms with E-state index >= 15 is 0 Å². The van der Waals surface area contributed by atoms with Gasteiger partial charge in [-0.15, -0.1) is 0 Å². The molecule has 144 valence electrons. The van der Waals surface area contributed by atoms with Gasteiger partial charge in [-0.3, -0.25) is 9.78 Å². The van der Waals surface area contributed by atoms with Crippen molar-refractivity contribution < 1.29 is 14.1 Å². The first-order valence-corrected chi connectivity index (χ1v) is 9.02. The highest BCUT2D eigenvalue weighted by Gasteiger charge is 2.26. The number of carbonyl (C=O) groups is 1. The lowest BCUT2D eigenvalue weighted by Crippen LogP contribution is -2.42. The zero-order valence-corrected chi connectivity index (χ0v) is 15.4. The molecule has 0 unspecified atom stereocenters. The Bertz CT molecular complexity index is 938. The summed E-state index contributed by atoms with van der Waals surface area (Å²) in [6.45, 7) is 1.27. The van der Waals surface area contributed by atoms with Crippen LogP contribution in [0.15, 0.2) is 47.5 Å². The number of amides is 1. The number of pyridine rings is 1. The van der Waals surface area contributed by atoms with Gasteiger partial charge in [-0.05, 0) is 25.0 Å². The lowest BCUT2D eigenvalue weighted by molar-refractivity contribution is 0.0708. The van der Waals surface area contributed by atoms with Crippen LogP contribution in [0.1, 0.15) is 23.3 Å². The van der Waals surface area contributed by atoms with Gasteiger partial charge in [0.25, 0.3) is 5.91 Å². The smallest absolute Gasteiger partial charge is 0.276 e. The third-order valence-corrected chi connectivity index (χ3v) is 4.66. The molecule has 1 fully saturated rings. The quantitative estimate of drug-likeness (QED) is 0.718. The van der Waals surface area contributed by atoms with E-state index < -0.39 is 0 Å². The summed E-state index contributed by atoms with van der Waals surface area (Å²) in [7, 11) is 1.57. The molecule has 0 saturated carbocycles. The van der Waals surface area contributed by atoms with Crippen LogP contribution < -0.4 is 10.1 Å². The first-order valence-electron chi connectivity index (χ1n) is 9.02. The summed E-state index contributed by atoms with van der Waals surface area (Å²) in [6.07, 6.45) is 6.44. The normalized spacial score (nSPS) is 14.7. The van der Waals surface area contributed by atoms with Crippen LogP contribution in [0.2, 0.25) is 0 Å². The number of ether oxygens (including phenoxy) is 1. The molecule has 1 aliphatic heterocycles. The van der Waals surface area contributed by atoms with E-state index in [-0.39, 0.29) is 11.9 Å². The Morgan fingerprint density at radius 3 is 2.89 bits per heavy atom. The Balaban J connectivity index is 1.34. The maximum Gasteiger partial charge on any atom is 0.276 e. The van der Waals surface area contributed by atoms with Crippen molar-refractivity contribution in [2.75, 3.05) is 25.5 Å². The molecular formula is C19H20N6O3. The third kappa shape index (κ3) is 3.93. The third-order valence-electron chi connectivity index (χ3n) is 4.66. The fourth-order valence-electron chi connectivity index (χ4n) is 3.15. The maximum atomic E-state index is 12.7. The zero-order chi connectivity index (χ0) is 19.3. The minimum Gasteiger partial charge on any atom is -0.481 e. The minimum absolute atomic E-state index is 0.124. The lowest BCUT2D eigenvalue weighted by Gasteiger charge is -2.32. The van der Waals surface area contributed by atoms with E-state index in [4.69, 9.17) is 9.26 Å². The summed E-state index contributed by atoms with van der Waals surface area (Å²) in [4.78, 5) is 26.8. The van der Waals surface area contributed by atoms with Gasteiger partial charge in [0.05, 0.1) is 7.11 Å². The van der Waals surface area contributed by atoms with Crippen molar-refractivity contribution in [3.63, 3.8) is 0 Å². The number of piperidine rings is 1. The lowest BCUT2D eigenvalue weighted by atomic mass is 10.0. The standard InChI is InChI=1S/C19H20N6O3/c1-27-18-10-17(21-12-22-18)23-14-4-7-25(8-5-14)19(26)15-9-16(28-24-15)13-3-2-6-20-11-13/h2-3,6,9-12,14H,4-5,7-8H2,1H3,(H,21,22,23). The SMILES string of the molecule is COc1cc(NC2CCN(C(=O)c3cc(-c4cccnc4)on3)CC2)ncn1. The van der Waals surface area contributed by atoms with Crippen LogP contribution in [0.4, 0.5) is 5.82 Å². The molecule has 28 heavy (non-hydrogen) atoms. The molecule has 9 nitrogen and oxygen atoms in total. The van der Waals surface area contributed by atoms with Gasteiger partial charge in [0, 0.05) is 49.2 Å². The molecule has 4 rings (SSSR count). The van der Waals surface area contributed by atoms with Crippen molar-refractivity contribution in [3.8, 4) is 17.2 Å². The Hall–Kier alpha value is -3.49. The van der Waals surface area contributed by atoms with Gasteiger partial charge in [0.1, 0.15) is 12.1 Å². The molecule has 1 amide bonds. The Kier molecular flexibility index (Phi) is 5.14. The van der Waals surface area contributed by atoms with Crippen molar-refractivity contribution in [1.82, 2.24) is 25.0 Å². The first kappa shape index (κ1) is 17.9. The average Bonchev–Trinajstić information content (AvgIpc) is 3.25. The van der Waals surface area contributed by atoms with E-state index in [0.717, 1.165) is 18.4 Å². The summed E-state index contributed by atoms with van der Waals surface area (Å²) >= 11 is 0. The molecular weight excluding hydrogens is 360 g/mol. The van der Waals surface area contributed by atoms with Crippen LogP contribution in [-0.2, 0) is 0 Å². The van der Waals surface area contributed by atoms with E-state index in [1.54, 1.807) is 36.5 Å². The molecule has 1 N–H and O–H groups in total. The Morgan fingerprint density at radius 1 is 1.29 bits per heavy atom. The van der Waals surface area contributed by atoms with Crippen molar-refractivity contribution in [2.45, 2.75) is 18.9 Å². The van der Waals surface area contributed by atoms with Gasteiger partial charge in [-0.25, -0.2) is 9.97 Å². The number of anilines is 1. The average molecular weight is 380 g/mol. The fourth-order valence-corrected chi connectivity index (χ4v) is 3.15. The molecule has 4 heterocycles. The highest BCUT2D eigenvalue weighted by molar-refractivity contribution is 5.93. The van der Waals surface area contributed by atoms with Crippen LogP contribution >= 0.6 is 0 Å². The molecule has 0 radical (unpaired) electrons. The van der Waals surface area contributed by atoms with Crippen molar-refractivity contribution in [2.24, 2.45) is 0 Å². The number of methoxy groups -OCH3 is 1. The van der Waals surface area contributed by atoms with E-state index in [2.05, 4.69) is 25.4 Å². The summed E-state index contributed by atoms with van der Waals surface area (Å²) in [5.74, 6) is 1.64. The van der Waals surface area contributed by atoms with Crippen LogP contribution in [0.3, 0.4) is 0 Å². The van der Waals surface area contributed by atoms with E-state index in [0.29, 0.717) is 36.2 Å². The van der Waals surface area contributed by atoms with Gasteiger partial charge < -0.3 is 19.5 Å². The fraction of sp³-hybridized carbons (Fsp3) is 0.316. The molecule has 1 aliphatic rings. The molecule has 3 aromatic rings. The topological polar surface area (TPSA) is 106 Å². The molecule has 1 saturated heterocycles. The first-order chi connectivity index (χ1) is 13.7. The summed E-state index contributed by atoms with van der Waals surface area (Å²) in [5, 5.41) is 7.30. The number of nitrogens with one attached hydrogen (secondary N) is 1. The number of hydrogen-bond donors (Lipinski definition) is 1. The van der Waals surface area contributed by atoms with E-state index in [1.165, 1.54) is 6.33 Å². The maximum absolute atomic E-state index is 12.7. The molecule has 0 aromatic carbocycles. The number of rotatable bonds is 5. The number of hydrogen-bond acceptors (Lipinski definition) is 8. The molecule has 9 heteroatoms. The predicted molar refractivity (Wildman–Crippen MR) is 101 cm³/mol. The van der Waals surface area contributed by atoms with E-state index in [1.807, 2.05) is 12.1 Å². The summed E-state index contributed by atoms with van der Waals surface area (Å²) in [6, 6.07) is 7.32. The Labute approximate surface area is 161 Å². The molecule has 0 aliphatic carbocycles. The highest BCUT2D eigenvalue weighted by Crippen LogP contribution is 2.22. The highest BCUT2D eigenvalue weighted by atomic mass is 16.5. The van der Waals surface area contributed by atoms with Gasteiger partial charge in [0.15, 0.2) is 11.5 Å².